The zero-order valence-electron chi connectivity index (χ0n) is 7.18. The Kier molecular flexibility index (Phi) is 1.73. The molecule has 0 saturated carbocycles. The quantitative estimate of drug-likeness (QED) is 0.710. The minimum absolute atomic E-state index is 0.284. The van der Waals surface area contributed by atoms with Crippen molar-refractivity contribution in [1.82, 2.24) is 14.8 Å². The number of aromatic nitrogens is 3. The molecular weight excluding hydrogens is 166 g/mol. The first-order valence-corrected chi connectivity index (χ1v) is 3.92. The number of phenolic OH excluding ortho intramolecular Hbond substituents is 1. The van der Waals surface area contributed by atoms with Gasteiger partial charge in [0.2, 0.25) is 0 Å². The van der Waals surface area contributed by atoms with Gasteiger partial charge in [-0.3, -0.25) is 4.57 Å². The van der Waals surface area contributed by atoms with Crippen molar-refractivity contribution in [3.8, 4) is 11.4 Å². The average molecular weight is 175 g/mol. The van der Waals surface area contributed by atoms with E-state index in [0.29, 0.717) is 0 Å². The van der Waals surface area contributed by atoms with Gasteiger partial charge in [0.05, 0.1) is 5.69 Å². The zero-order valence-corrected chi connectivity index (χ0v) is 7.18. The van der Waals surface area contributed by atoms with E-state index in [2.05, 4.69) is 10.2 Å². The number of hydrogen-bond acceptors (Lipinski definition) is 3. The fourth-order valence-corrected chi connectivity index (χ4v) is 1.22. The third-order valence-electron chi connectivity index (χ3n) is 1.97. The summed E-state index contributed by atoms with van der Waals surface area (Å²) in [5, 5.41) is 16.8. The van der Waals surface area contributed by atoms with Crippen LogP contribution in [-0.2, 0) is 0 Å². The standard InChI is InChI=1S/C9H9N3O/c1-7-8(3-2-4-9(7)13)12-5-10-11-6-12/h2-6,13H,1H3. The lowest BCUT2D eigenvalue weighted by molar-refractivity contribution is 0.470. The topological polar surface area (TPSA) is 50.9 Å². The summed E-state index contributed by atoms with van der Waals surface area (Å²) in [6.07, 6.45) is 3.20. The molecule has 1 aromatic carbocycles. The fraction of sp³-hybridized carbons (Fsp3) is 0.111. The predicted molar refractivity (Wildman–Crippen MR) is 47.8 cm³/mol. The second-order valence-electron chi connectivity index (χ2n) is 2.79. The van der Waals surface area contributed by atoms with Gasteiger partial charge in [0.25, 0.3) is 0 Å². The minimum Gasteiger partial charge on any atom is -0.508 e. The molecule has 0 spiro atoms. The third-order valence-corrected chi connectivity index (χ3v) is 1.97. The van der Waals surface area contributed by atoms with Crippen LogP contribution in [0.15, 0.2) is 30.9 Å². The van der Waals surface area contributed by atoms with Gasteiger partial charge in [-0.05, 0) is 19.1 Å². The molecule has 0 unspecified atom stereocenters. The van der Waals surface area contributed by atoms with E-state index in [1.807, 2.05) is 13.0 Å². The second-order valence-corrected chi connectivity index (χ2v) is 2.79. The molecular formula is C9H9N3O. The summed E-state index contributed by atoms with van der Waals surface area (Å²) in [4.78, 5) is 0. The van der Waals surface area contributed by atoms with Crippen LogP contribution in [0.25, 0.3) is 5.69 Å². The summed E-state index contributed by atoms with van der Waals surface area (Å²) < 4.78 is 1.76. The maximum Gasteiger partial charge on any atom is 0.123 e. The van der Waals surface area contributed by atoms with E-state index in [0.717, 1.165) is 11.3 Å². The third kappa shape index (κ3) is 1.26. The first-order valence-electron chi connectivity index (χ1n) is 3.92. The molecule has 0 radical (unpaired) electrons. The van der Waals surface area contributed by atoms with Crippen LogP contribution in [0.2, 0.25) is 0 Å². The molecule has 0 saturated heterocycles. The van der Waals surface area contributed by atoms with Crippen molar-refractivity contribution < 1.29 is 5.11 Å². The second kappa shape index (κ2) is 2.90. The van der Waals surface area contributed by atoms with Gasteiger partial charge in [-0.1, -0.05) is 6.07 Å². The minimum atomic E-state index is 0.284. The van der Waals surface area contributed by atoms with E-state index in [4.69, 9.17) is 0 Å². The van der Waals surface area contributed by atoms with Gasteiger partial charge in [-0.15, -0.1) is 10.2 Å². The summed E-state index contributed by atoms with van der Waals surface area (Å²) in [7, 11) is 0. The molecule has 0 aliphatic rings. The Labute approximate surface area is 75.5 Å². The number of benzene rings is 1. The van der Waals surface area contributed by atoms with Crippen LogP contribution in [-0.4, -0.2) is 19.9 Å². The highest BCUT2D eigenvalue weighted by molar-refractivity contribution is 5.47. The maximum absolute atomic E-state index is 9.44. The van der Waals surface area contributed by atoms with E-state index in [-0.39, 0.29) is 5.75 Å². The summed E-state index contributed by atoms with van der Waals surface area (Å²) >= 11 is 0. The van der Waals surface area contributed by atoms with Crippen LogP contribution in [0.3, 0.4) is 0 Å². The molecule has 2 rings (SSSR count). The van der Waals surface area contributed by atoms with Crippen LogP contribution in [0, 0.1) is 6.92 Å². The Morgan fingerprint density at radius 1 is 1.23 bits per heavy atom. The fourth-order valence-electron chi connectivity index (χ4n) is 1.22. The molecule has 2 aromatic rings. The molecule has 4 nitrogen and oxygen atoms in total. The van der Waals surface area contributed by atoms with Gasteiger partial charge in [-0.2, -0.15) is 0 Å². The number of aromatic hydroxyl groups is 1. The molecule has 0 amide bonds. The smallest absolute Gasteiger partial charge is 0.123 e. The molecule has 66 valence electrons. The van der Waals surface area contributed by atoms with Crippen molar-refractivity contribution in [3.63, 3.8) is 0 Å². The van der Waals surface area contributed by atoms with Gasteiger partial charge in [-0.25, -0.2) is 0 Å². The normalized spacial score (nSPS) is 10.2. The van der Waals surface area contributed by atoms with Gasteiger partial charge in [0, 0.05) is 5.56 Å². The number of rotatable bonds is 1. The van der Waals surface area contributed by atoms with Crippen LogP contribution in [0.5, 0.6) is 5.75 Å². The Bertz CT molecular complexity index is 409. The van der Waals surface area contributed by atoms with Gasteiger partial charge >= 0.3 is 0 Å². The maximum atomic E-state index is 9.44. The number of hydrogen-bond donors (Lipinski definition) is 1. The van der Waals surface area contributed by atoms with Crippen LogP contribution in [0.4, 0.5) is 0 Å². The molecule has 1 aromatic heterocycles. The summed E-state index contributed by atoms with van der Waals surface area (Å²) in [6, 6.07) is 5.35. The molecule has 0 fully saturated rings. The first-order chi connectivity index (χ1) is 6.29. The lowest BCUT2D eigenvalue weighted by Gasteiger charge is -2.06. The average Bonchev–Trinajstić information content (AvgIpc) is 2.62. The molecule has 1 heterocycles. The van der Waals surface area contributed by atoms with Gasteiger partial charge < -0.3 is 5.11 Å². The molecule has 1 N–H and O–H groups in total. The molecule has 13 heavy (non-hydrogen) atoms. The van der Waals surface area contributed by atoms with Gasteiger partial charge in [0.15, 0.2) is 0 Å². The molecule has 4 heteroatoms. The van der Waals surface area contributed by atoms with E-state index in [1.54, 1.807) is 29.4 Å². The SMILES string of the molecule is Cc1c(O)cccc1-n1cnnc1. The molecule has 0 atom stereocenters. The highest BCUT2D eigenvalue weighted by Crippen LogP contribution is 2.21. The van der Waals surface area contributed by atoms with E-state index in [9.17, 15) is 5.11 Å². The zero-order chi connectivity index (χ0) is 9.26. The van der Waals surface area contributed by atoms with Crippen molar-refractivity contribution in [2.75, 3.05) is 0 Å². The highest BCUT2D eigenvalue weighted by atomic mass is 16.3. The lowest BCUT2D eigenvalue weighted by Crippen LogP contribution is -1.93. The van der Waals surface area contributed by atoms with Crippen molar-refractivity contribution in [1.29, 1.82) is 0 Å². The molecule has 0 bridgehead atoms. The van der Waals surface area contributed by atoms with Crippen LogP contribution < -0.4 is 0 Å². The predicted octanol–water partition coefficient (Wildman–Crippen LogP) is 1.28. The lowest BCUT2D eigenvalue weighted by atomic mass is 10.2. The summed E-state index contributed by atoms with van der Waals surface area (Å²) in [5.41, 5.74) is 1.72. The van der Waals surface area contributed by atoms with E-state index >= 15 is 0 Å². The largest absolute Gasteiger partial charge is 0.508 e. The van der Waals surface area contributed by atoms with Crippen LogP contribution in [0.1, 0.15) is 5.56 Å². The highest BCUT2D eigenvalue weighted by Gasteiger charge is 2.03. The Morgan fingerprint density at radius 2 is 1.92 bits per heavy atom. The monoisotopic (exact) mass is 175 g/mol. The summed E-state index contributed by atoms with van der Waals surface area (Å²) in [6.45, 7) is 1.85. The van der Waals surface area contributed by atoms with Crippen molar-refractivity contribution in [2.45, 2.75) is 6.92 Å². The number of nitrogens with zero attached hydrogens (tertiary/aromatic N) is 3. The Hall–Kier alpha value is -1.84. The molecule has 0 aliphatic carbocycles. The van der Waals surface area contributed by atoms with Crippen LogP contribution >= 0.6 is 0 Å². The Balaban J connectivity index is 2.59. The van der Waals surface area contributed by atoms with E-state index < -0.39 is 0 Å². The van der Waals surface area contributed by atoms with E-state index in [1.165, 1.54) is 0 Å². The Morgan fingerprint density at radius 3 is 2.62 bits per heavy atom. The number of phenols is 1. The van der Waals surface area contributed by atoms with Crippen molar-refractivity contribution >= 4 is 0 Å². The van der Waals surface area contributed by atoms with Gasteiger partial charge in [0.1, 0.15) is 18.4 Å². The molecule has 0 aliphatic heterocycles. The van der Waals surface area contributed by atoms with Crippen molar-refractivity contribution in [3.05, 3.63) is 36.4 Å². The summed E-state index contributed by atoms with van der Waals surface area (Å²) in [5.74, 6) is 0.284. The van der Waals surface area contributed by atoms with Crippen molar-refractivity contribution in [2.24, 2.45) is 0 Å². The first kappa shape index (κ1) is 7.79.